The number of allylic oxidation sites excluding steroid dienone is 1. The molecule has 1 aromatic rings. The Morgan fingerprint density at radius 2 is 2.20 bits per heavy atom. The van der Waals surface area contributed by atoms with Crippen molar-refractivity contribution in [3.8, 4) is 5.75 Å². The molecule has 2 N–H and O–H groups in total. The molecule has 0 saturated carbocycles. The van der Waals surface area contributed by atoms with Crippen molar-refractivity contribution in [1.29, 1.82) is 0 Å². The monoisotopic (exact) mass is 419 g/mol. The highest BCUT2D eigenvalue weighted by molar-refractivity contribution is 5.77. The van der Waals surface area contributed by atoms with Gasteiger partial charge in [-0.3, -0.25) is 9.59 Å². The first kappa shape index (κ1) is 23.6. The summed E-state index contributed by atoms with van der Waals surface area (Å²) in [6.45, 7) is 0.449. The van der Waals surface area contributed by atoms with Gasteiger partial charge in [0.05, 0.1) is 19.3 Å². The first-order chi connectivity index (χ1) is 14.4. The summed E-state index contributed by atoms with van der Waals surface area (Å²) in [5, 5.41) is 19.0. The summed E-state index contributed by atoms with van der Waals surface area (Å²) in [7, 11) is 1.47. The van der Waals surface area contributed by atoms with Gasteiger partial charge in [0.15, 0.2) is 0 Å². The number of likely N-dealkylation sites (tertiary alicyclic amines) is 1. The fraction of sp³-hybridized carbons (Fsp3) is 0.478. The molecule has 7 heteroatoms. The van der Waals surface area contributed by atoms with Crippen LogP contribution >= 0.6 is 0 Å². The summed E-state index contributed by atoms with van der Waals surface area (Å²) < 4.78 is 19.1. The predicted octanol–water partition coefficient (Wildman–Crippen LogP) is 3.49. The van der Waals surface area contributed by atoms with Crippen LogP contribution in [0.3, 0.4) is 0 Å². The topological polar surface area (TPSA) is 87.1 Å². The second-order valence-electron chi connectivity index (χ2n) is 7.38. The van der Waals surface area contributed by atoms with Gasteiger partial charge in [0.25, 0.3) is 0 Å². The Bertz CT molecular complexity index is 777. The third-order valence-corrected chi connectivity index (χ3v) is 5.09. The molecule has 1 saturated heterocycles. The zero-order chi connectivity index (χ0) is 21.9. The third-order valence-electron chi connectivity index (χ3n) is 5.09. The molecule has 0 aliphatic carbocycles. The molecule has 0 bridgehead atoms. The normalized spacial score (nSPS) is 18.3. The number of hydrogen-bond acceptors (Lipinski definition) is 4. The molecule has 1 amide bonds. The Morgan fingerprint density at radius 1 is 1.40 bits per heavy atom. The fourth-order valence-corrected chi connectivity index (χ4v) is 3.43. The molecule has 6 nitrogen and oxygen atoms in total. The lowest BCUT2D eigenvalue weighted by Gasteiger charge is -2.33. The number of halogens is 1. The standard InChI is InChI=1S/C23H30FNO5/c1-30-20-13-10-17(21(24)16-20)15-19(26)12-11-18-7-6-8-22(27)25(18)14-5-3-2-4-9-23(28)29/h3,5,10-13,16,18-19,26H,2,4,6-9,14-15H2,1H3,(H,28,29)/b5-3-,12-11+/t18-,19?/m1/s1. The highest BCUT2D eigenvalue weighted by atomic mass is 19.1. The lowest BCUT2D eigenvalue weighted by Crippen LogP contribution is -2.42. The molecule has 2 rings (SSSR count). The first-order valence-corrected chi connectivity index (χ1v) is 10.3. The molecule has 1 heterocycles. The highest BCUT2D eigenvalue weighted by Gasteiger charge is 2.25. The van der Waals surface area contributed by atoms with E-state index in [1.165, 1.54) is 13.2 Å². The van der Waals surface area contributed by atoms with Crippen molar-refractivity contribution in [1.82, 2.24) is 4.90 Å². The Hall–Kier alpha value is -2.67. The van der Waals surface area contributed by atoms with E-state index in [9.17, 15) is 19.1 Å². The van der Waals surface area contributed by atoms with Gasteiger partial charge in [-0.2, -0.15) is 0 Å². The van der Waals surface area contributed by atoms with Gasteiger partial charge in [0.2, 0.25) is 5.91 Å². The van der Waals surface area contributed by atoms with Gasteiger partial charge in [-0.05, 0) is 37.3 Å². The van der Waals surface area contributed by atoms with Crippen LogP contribution in [0, 0.1) is 5.82 Å². The number of piperidine rings is 1. The summed E-state index contributed by atoms with van der Waals surface area (Å²) in [4.78, 5) is 24.6. The van der Waals surface area contributed by atoms with Crippen LogP contribution in [0.4, 0.5) is 4.39 Å². The van der Waals surface area contributed by atoms with Crippen molar-refractivity contribution in [3.63, 3.8) is 0 Å². The average molecular weight is 419 g/mol. The van der Waals surface area contributed by atoms with Crippen molar-refractivity contribution in [2.75, 3.05) is 13.7 Å². The summed E-state index contributed by atoms with van der Waals surface area (Å²) in [6, 6.07) is 4.41. The molecule has 2 atom stereocenters. The molecule has 164 valence electrons. The van der Waals surface area contributed by atoms with E-state index in [0.29, 0.717) is 37.1 Å². The molecule has 1 aliphatic heterocycles. The van der Waals surface area contributed by atoms with Gasteiger partial charge in [0.1, 0.15) is 11.6 Å². The number of unbranched alkanes of at least 4 members (excludes halogenated alkanes) is 1. The first-order valence-electron chi connectivity index (χ1n) is 10.3. The Balaban J connectivity index is 1.91. The number of methoxy groups -OCH3 is 1. The van der Waals surface area contributed by atoms with Crippen LogP contribution in [0.1, 0.15) is 44.1 Å². The van der Waals surface area contributed by atoms with E-state index in [1.807, 2.05) is 18.2 Å². The SMILES string of the molecule is COc1ccc(CC(O)/C=C/[C@H]2CCCC(=O)N2C/C=C\CCCC(=O)O)c(F)c1. The van der Waals surface area contributed by atoms with Crippen molar-refractivity contribution in [3.05, 3.63) is 53.9 Å². The van der Waals surface area contributed by atoms with Crippen LogP contribution < -0.4 is 4.74 Å². The van der Waals surface area contributed by atoms with E-state index in [2.05, 4.69) is 0 Å². The average Bonchev–Trinajstić information content (AvgIpc) is 2.71. The largest absolute Gasteiger partial charge is 0.497 e. The number of aliphatic hydroxyl groups is 1. The number of rotatable bonds is 11. The molecular weight excluding hydrogens is 389 g/mol. The number of hydrogen-bond donors (Lipinski definition) is 2. The number of aliphatic hydroxyl groups excluding tert-OH is 1. The highest BCUT2D eigenvalue weighted by Crippen LogP contribution is 2.21. The van der Waals surface area contributed by atoms with E-state index in [0.717, 1.165) is 12.8 Å². The smallest absolute Gasteiger partial charge is 0.303 e. The molecule has 0 spiro atoms. The molecule has 30 heavy (non-hydrogen) atoms. The maximum Gasteiger partial charge on any atom is 0.303 e. The number of carbonyl (C=O) groups excluding carboxylic acids is 1. The zero-order valence-electron chi connectivity index (χ0n) is 17.3. The lowest BCUT2D eigenvalue weighted by molar-refractivity contribution is -0.137. The summed E-state index contributed by atoms with van der Waals surface area (Å²) in [5.41, 5.74) is 0.397. The maximum atomic E-state index is 14.1. The van der Waals surface area contributed by atoms with Gasteiger partial charge >= 0.3 is 5.97 Å². The number of amides is 1. The van der Waals surface area contributed by atoms with Gasteiger partial charge < -0.3 is 19.8 Å². The summed E-state index contributed by atoms with van der Waals surface area (Å²) >= 11 is 0. The molecule has 1 fully saturated rings. The van der Waals surface area contributed by atoms with Crippen molar-refractivity contribution < 1.29 is 28.9 Å². The number of carbonyl (C=O) groups is 2. The fourth-order valence-electron chi connectivity index (χ4n) is 3.43. The molecular formula is C23H30FNO5. The van der Waals surface area contributed by atoms with Gasteiger partial charge in [0, 0.05) is 31.9 Å². The number of aliphatic carboxylic acids is 1. The van der Waals surface area contributed by atoms with Crippen molar-refractivity contribution >= 4 is 11.9 Å². The molecule has 1 unspecified atom stereocenters. The van der Waals surface area contributed by atoms with Crippen LogP contribution in [0.25, 0.3) is 0 Å². The Labute approximate surface area is 176 Å². The van der Waals surface area contributed by atoms with Crippen LogP contribution in [-0.2, 0) is 16.0 Å². The number of carboxylic acid groups (broad SMARTS) is 1. The van der Waals surface area contributed by atoms with E-state index < -0.39 is 17.9 Å². The zero-order valence-corrected chi connectivity index (χ0v) is 17.3. The Kier molecular flexibility index (Phi) is 9.54. The quantitative estimate of drug-likeness (QED) is 0.424. The van der Waals surface area contributed by atoms with Crippen molar-refractivity contribution in [2.45, 2.75) is 57.1 Å². The van der Waals surface area contributed by atoms with E-state index in [4.69, 9.17) is 9.84 Å². The van der Waals surface area contributed by atoms with Crippen LogP contribution in [-0.4, -0.2) is 52.8 Å². The molecule has 1 aromatic carbocycles. The van der Waals surface area contributed by atoms with Gasteiger partial charge in [-0.15, -0.1) is 0 Å². The summed E-state index contributed by atoms with van der Waals surface area (Å²) in [5.74, 6) is -0.757. The lowest BCUT2D eigenvalue weighted by atomic mass is 9.99. The predicted molar refractivity (Wildman–Crippen MR) is 112 cm³/mol. The second kappa shape index (κ2) is 12.1. The second-order valence-corrected chi connectivity index (χ2v) is 7.38. The number of nitrogens with zero attached hydrogens (tertiary/aromatic N) is 1. The Morgan fingerprint density at radius 3 is 2.90 bits per heavy atom. The molecule has 0 radical (unpaired) electrons. The van der Waals surface area contributed by atoms with E-state index in [1.54, 1.807) is 23.1 Å². The van der Waals surface area contributed by atoms with Crippen LogP contribution in [0.15, 0.2) is 42.5 Å². The minimum absolute atomic E-state index is 0.0572. The van der Waals surface area contributed by atoms with Crippen LogP contribution in [0.2, 0.25) is 0 Å². The molecule has 1 aliphatic rings. The van der Waals surface area contributed by atoms with Crippen LogP contribution in [0.5, 0.6) is 5.75 Å². The third kappa shape index (κ3) is 7.63. The molecule has 0 aromatic heterocycles. The minimum Gasteiger partial charge on any atom is -0.497 e. The van der Waals surface area contributed by atoms with E-state index >= 15 is 0 Å². The van der Waals surface area contributed by atoms with Gasteiger partial charge in [-0.1, -0.05) is 30.4 Å². The number of carboxylic acids is 1. The summed E-state index contributed by atoms with van der Waals surface area (Å²) in [6.07, 6.45) is 9.93. The number of ether oxygens (including phenoxy) is 1. The van der Waals surface area contributed by atoms with Crippen molar-refractivity contribution in [2.24, 2.45) is 0 Å². The van der Waals surface area contributed by atoms with Gasteiger partial charge in [-0.25, -0.2) is 4.39 Å². The minimum atomic E-state index is -0.863. The number of benzene rings is 1. The van der Waals surface area contributed by atoms with E-state index in [-0.39, 0.29) is 24.8 Å². The maximum absolute atomic E-state index is 14.1.